The number of benzene rings is 1. The van der Waals surface area contributed by atoms with Crippen molar-refractivity contribution in [1.29, 1.82) is 0 Å². The summed E-state index contributed by atoms with van der Waals surface area (Å²) >= 11 is 0. The molecular formula is C12H14N2O3. The first-order valence-corrected chi connectivity index (χ1v) is 5.48. The van der Waals surface area contributed by atoms with Crippen LogP contribution in [0.15, 0.2) is 27.4 Å². The molecule has 17 heavy (non-hydrogen) atoms. The van der Waals surface area contributed by atoms with Crippen molar-refractivity contribution in [3.05, 3.63) is 34.3 Å². The van der Waals surface area contributed by atoms with Gasteiger partial charge in [-0.05, 0) is 31.5 Å². The van der Waals surface area contributed by atoms with Gasteiger partial charge in [-0.1, -0.05) is 0 Å². The normalized spacial score (nSPS) is 12.8. The Hall–Kier alpha value is -1.88. The summed E-state index contributed by atoms with van der Waals surface area (Å²) in [6.45, 7) is 1.87. The fraction of sp³-hybridized carbons (Fsp3) is 0.333. The van der Waals surface area contributed by atoms with Crippen LogP contribution in [-0.4, -0.2) is 16.8 Å². The number of fused-ring (bicyclic) bond motifs is 1. The molecule has 0 saturated carbocycles. The van der Waals surface area contributed by atoms with Gasteiger partial charge in [0.2, 0.25) is 0 Å². The van der Waals surface area contributed by atoms with Crippen molar-refractivity contribution in [2.75, 3.05) is 0 Å². The molecule has 0 amide bonds. The molecule has 0 radical (unpaired) electrons. The van der Waals surface area contributed by atoms with Crippen LogP contribution < -0.4 is 11.5 Å². The highest BCUT2D eigenvalue weighted by Crippen LogP contribution is 2.14. The zero-order chi connectivity index (χ0) is 12.4. The van der Waals surface area contributed by atoms with E-state index in [9.17, 15) is 9.59 Å². The van der Waals surface area contributed by atoms with Crippen LogP contribution in [0.2, 0.25) is 0 Å². The van der Waals surface area contributed by atoms with E-state index in [-0.39, 0.29) is 11.8 Å². The number of Topliss-reactive ketones (excluding diaryl/α,β-unsaturated/α-hetero) is 1. The van der Waals surface area contributed by atoms with Crippen molar-refractivity contribution in [2.24, 2.45) is 5.73 Å². The largest absolute Gasteiger partial charge is 0.417 e. The molecule has 2 aromatic rings. The first-order chi connectivity index (χ1) is 8.06. The van der Waals surface area contributed by atoms with Crippen LogP contribution in [0.1, 0.15) is 30.1 Å². The lowest BCUT2D eigenvalue weighted by Crippen LogP contribution is -2.16. The second-order valence-corrected chi connectivity index (χ2v) is 4.16. The molecule has 1 atom stereocenters. The van der Waals surface area contributed by atoms with E-state index >= 15 is 0 Å². The van der Waals surface area contributed by atoms with E-state index in [2.05, 4.69) is 4.98 Å². The number of rotatable bonds is 4. The maximum absolute atomic E-state index is 11.8. The van der Waals surface area contributed by atoms with E-state index in [0.717, 1.165) is 0 Å². The summed E-state index contributed by atoms with van der Waals surface area (Å²) in [6.07, 6.45) is 1.06. The summed E-state index contributed by atoms with van der Waals surface area (Å²) in [5.41, 5.74) is 7.16. The Kier molecular flexibility index (Phi) is 3.10. The van der Waals surface area contributed by atoms with Crippen molar-refractivity contribution in [3.63, 3.8) is 0 Å². The Bertz CT molecular complexity index is 595. The summed E-state index contributed by atoms with van der Waals surface area (Å²) in [5.74, 6) is -0.494. The average molecular weight is 234 g/mol. The third-order valence-corrected chi connectivity index (χ3v) is 2.57. The van der Waals surface area contributed by atoms with Gasteiger partial charge < -0.3 is 10.2 Å². The predicted octanol–water partition coefficient (Wildman–Crippen LogP) is 1.43. The number of H-pyrrole nitrogens is 1. The lowest BCUT2D eigenvalue weighted by Gasteiger charge is -2.03. The highest BCUT2D eigenvalue weighted by Gasteiger charge is 2.09. The number of aromatic nitrogens is 1. The maximum atomic E-state index is 11.8. The Morgan fingerprint density at radius 2 is 2.29 bits per heavy atom. The number of carbonyl (C=O) groups excluding carboxylic acids is 1. The van der Waals surface area contributed by atoms with Crippen LogP contribution >= 0.6 is 0 Å². The summed E-state index contributed by atoms with van der Waals surface area (Å²) in [7, 11) is 0. The molecule has 0 aliphatic heterocycles. The zero-order valence-electron chi connectivity index (χ0n) is 9.53. The molecule has 0 spiro atoms. The van der Waals surface area contributed by atoms with Crippen molar-refractivity contribution in [3.8, 4) is 0 Å². The molecule has 1 unspecified atom stereocenters. The molecule has 0 saturated heterocycles. The molecule has 0 aliphatic carbocycles. The number of oxazole rings is 1. The molecule has 1 aromatic heterocycles. The van der Waals surface area contributed by atoms with Gasteiger partial charge in [-0.3, -0.25) is 9.78 Å². The summed E-state index contributed by atoms with van der Waals surface area (Å²) < 4.78 is 4.86. The summed E-state index contributed by atoms with van der Waals surface area (Å²) in [6, 6.07) is 4.91. The number of carbonyl (C=O) groups is 1. The van der Waals surface area contributed by atoms with Crippen LogP contribution in [0, 0.1) is 0 Å². The van der Waals surface area contributed by atoms with E-state index in [1.165, 1.54) is 0 Å². The lowest BCUT2D eigenvalue weighted by atomic mass is 10.0. The van der Waals surface area contributed by atoms with Crippen molar-refractivity contribution < 1.29 is 9.21 Å². The average Bonchev–Trinajstić information content (AvgIpc) is 2.64. The monoisotopic (exact) mass is 234 g/mol. The summed E-state index contributed by atoms with van der Waals surface area (Å²) in [4.78, 5) is 25.3. The third kappa shape index (κ3) is 2.62. The molecule has 0 aliphatic rings. The molecule has 0 bridgehead atoms. The van der Waals surface area contributed by atoms with E-state index in [1.54, 1.807) is 18.2 Å². The zero-order valence-corrected chi connectivity index (χ0v) is 9.53. The molecular weight excluding hydrogens is 220 g/mol. The van der Waals surface area contributed by atoms with Gasteiger partial charge >= 0.3 is 5.76 Å². The molecule has 1 aromatic carbocycles. The van der Waals surface area contributed by atoms with Crippen LogP contribution in [0.4, 0.5) is 0 Å². The number of hydrogen-bond acceptors (Lipinski definition) is 4. The predicted molar refractivity (Wildman–Crippen MR) is 64.0 cm³/mol. The molecule has 3 N–H and O–H groups in total. The van der Waals surface area contributed by atoms with Crippen LogP contribution in [0.5, 0.6) is 0 Å². The minimum Gasteiger partial charge on any atom is -0.408 e. The Labute approximate surface area is 97.6 Å². The van der Waals surface area contributed by atoms with Crippen molar-refractivity contribution in [2.45, 2.75) is 25.8 Å². The molecule has 5 nitrogen and oxygen atoms in total. The Balaban J connectivity index is 2.23. The third-order valence-electron chi connectivity index (χ3n) is 2.57. The number of nitrogens with one attached hydrogen (secondary N) is 1. The fourth-order valence-electron chi connectivity index (χ4n) is 1.63. The second-order valence-electron chi connectivity index (χ2n) is 4.16. The van der Waals surface area contributed by atoms with Gasteiger partial charge in [0.05, 0.1) is 5.52 Å². The minimum absolute atomic E-state index is 0.0106. The highest BCUT2D eigenvalue weighted by atomic mass is 16.4. The molecule has 5 heteroatoms. The van der Waals surface area contributed by atoms with Gasteiger partial charge in [0.1, 0.15) is 0 Å². The molecule has 90 valence electrons. The van der Waals surface area contributed by atoms with Gasteiger partial charge in [-0.25, -0.2) is 4.79 Å². The highest BCUT2D eigenvalue weighted by molar-refractivity contribution is 5.98. The Morgan fingerprint density at radius 1 is 1.53 bits per heavy atom. The van der Waals surface area contributed by atoms with E-state index in [1.807, 2.05) is 6.92 Å². The smallest absolute Gasteiger partial charge is 0.408 e. The molecule has 0 fully saturated rings. The minimum atomic E-state index is -0.514. The standard InChI is InChI=1S/C12H14N2O3/c1-7(13)2-4-10(15)8-3-5-11-9(6-8)14-12(16)17-11/h3,5-7H,2,4,13H2,1H3,(H,14,16). The first-order valence-electron chi connectivity index (χ1n) is 5.48. The van der Waals surface area contributed by atoms with E-state index < -0.39 is 5.76 Å². The number of hydrogen-bond donors (Lipinski definition) is 2. The lowest BCUT2D eigenvalue weighted by molar-refractivity contribution is 0.0978. The quantitative estimate of drug-likeness (QED) is 0.783. The van der Waals surface area contributed by atoms with Gasteiger partial charge in [0, 0.05) is 18.0 Å². The SMILES string of the molecule is CC(N)CCC(=O)c1ccc2oc(=O)[nH]c2c1. The fourth-order valence-corrected chi connectivity index (χ4v) is 1.63. The maximum Gasteiger partial charge on any atom is 0.417 e. The van der Waals surface area contributed by atoms with Gasteiger partial charge in [0.25, 0.3) is 0 Å². The van der Waals surface area contributed by atoms with E-state index in [4.69, 9.17) is 10.2 Å². The first kappa shape index (κ1) is 11.6. The van der Waals surface area contributed by atoms with Crippen LogP contribution in [0.25, 0.3) is 11.1 Å². The van der Waals surface area contributed by atoms with Crippen molar-refractivity contribution >= 4 is 16.9 Å². The van der Waals surface area contributed by atoms with Crippen molar-refractivity contribution in [1.82, 2.24) is 4.98 Å². The topological polar surface area (TPSA) is 89.1 Å². The molecule has 2 rings (SSSR count). The van der Waals surface area contributed by atoms with Crippen LogP contribution in [-0.2, 0) is 0 Å². The number of ketones is 1. The Morgan fingerprint density at radius 3 is 3.00 bits per heavy atom. The second kappa shape index (κ2) is 4.55. The van der Waals surface area contributed by atoms with E-state index in [0.29, 0.717) is 29.5 Å². The number of aromatic amines is 1. The molecule has 1 heterocycles. The van der Waals surface area contributed by atoms with Gasteiger partial charge in [-0.15, -0.1) is 0 Å². The van der Waals surface area contributed by atoms with Gasteiger partial charge in [0.15, 0.2) is 11.4 Å². The summed E-state index contributed by atoms with van der Waals surface area (Å²) in [5, 5.41) is 0. The van der Waals surface area contributed by atoms with Gasteiger partial charge in [-0.2, -0.15) is 0 Å². The number of nitrogens with two attached hydrogens (primary N) is 1. The van der Waals surface area contributed by atoms with Crippen LogP contribution in [0.3, 0.4) is 0 Å².